The topological polar surface area (TPSA) is 91.6 Å². The highest BCUT2D eigenvalue weighted by atomic mass is 79.9. The fraction of sp³-hybridized carbons (Fsp3) is 0.360. The molecule has 2 aromatic carbocycles. The molecule has 3 aromatic rings. The van der Waals surface area contributed by atoms with Gasteiger partial charge in [-0.2, -0.15) is 4.98 Å². The molecule has 0 spiro atoms. The number of piperidine rings is 1. The van der Waals surface area contributed by atoms with Gasteiger partial charge in [-0.3, -0.25) is 14.5 Å². The van der Waals surface area contributed by atoms with Crippen LogP contribution in [-0.4, -0.2) is 46.5 Å². The Kier molecular flexibility index (Phi) is 6.73. The first-order chi connectivity index (χ1) is 16.5. The van der Waals surface area contributed by atoms with Crippen LogP contribution in [0.5, 0.6) is 0 Å². The van der Waals surface area contributed by atoms with Crippen LogP contribution < -0.4 is 10.2 Å². The smallest absolute Gasteiger partial charge is 0.241 e. The van der Waals surface area contributed by atoms with Crippen LogP contribution in [0.4, 0.5) is 11.4 Å². The average molecular weight is 524 g/mol. The quantitative estimate of drug-likeness (QED) is 0.512. The van der Waals surface area contributed by atoms with Crippen LogP contribution in [0.25, 0.3) is 11.4 Å². The van der Waals surface area contributed by atoms with E-state index in [2.05, 4.69) is 36.3 Å². The first-order valence-corrected chi connectivity index (χ1v) is 12.4. The molecule has 1 N–H and O–H groups in total. The Morgan fingerprint density at radius 1 is 1.09 bits per heavy atom. The van der Waals surface area contributed by atoms with E-state index in [9.17, 15) is 9.59 Å². The first kappa shape index (κ1) is 22.7. The highest BCUT2D eigenvalue weighted by molar-refractivity contribution is 9.10. The molecule has 2 amide bonds. The Balaban J connectivity index is 1.16. The molecule has 1 aromatic heterocycles. The van der Waals surface area contributed by atoms with Crippen LogP contribution in [0.15, 0.2) is 57.5 Å². The van der Waals surface area contributed by atoms with E-state index in [1.807, 2.05) is 48.5 Å². The number of nitrogens with one attached hydrogen (secondary N) is 1. The molecule has 2 fully saturated rings. The van der Waals surface area contributed by atoms with Crippen molar-refractivity contribution in [3.05, 3.63) is 58.9 Å². The summed E-state index contributed by atoms with van der Waals surface area (Å²) in [6, 6.07) is 15.3. The van der Waals surface area contributed by atoms with Crippen LogP contribution in [0.3, 0.4) is 0 Å². The summed E-state index contributed by atoms with van der Waals surface area (Å²) in [4.78, 5) is 33.4. The third-order valence-corrected chi connectivity index (χ3v) is 6.85. The number of likely N-dealkylation sites (tertiary alicyclic amines) is 1. The summed E-state index contributed by atoms with van der Waals surface area (Å²) in [7, 11) is 0. The third kappa shape index (κ3) is 5.20. The summed E-state index contributed by atoms with van der Waals surface area (Å²) in [5.74, 6) is 1.17. The van der Waals surface area contributed by atoms with Crippen LogP contribution >= 0.6 is 15.9 Å². The number of aromatic nitrogens is 2. The van der Waals surface area contributed by atoms with Gasteiger partial charge in [0.25, 0.3) is 0 Å². The van der Waals surface area contributed by atoms with Gasteiger partial charge in [0.2, 0.25) is 23.5 Å². The highest BCUT2D eigenvalue weighted by Gasteiger charge is 2.27. The molecule has 9 heteroatoms. The Hall–Kier alpha value is -3.04. The van der Waals surface area contributed by atoms with Crippen molar-refractivity contribution in [2.45, 2.75) is 32.2 Å². The van der Waals surface area contributed by atoms with Gasteiger partial charge in [0.05, 0.1) is 12.5 Å². The zero-order valence-electron chi connectivity index (χ0n) is 18.7. The van der Waals surface area contributed by atoms with E-state index in [4.69, 9.17) is 4.52 Å². The predicted molar refractivity (Wildman–Crippen MR) is 132 cm³/mol. The highest BCUT2D eigenvalue weighted by Crippen LogP contribution is 2.25. The molecule has 34 heavy (non-hydrogen) atoms. The molecule has 5 rings (SSSR count). The van der Waals surface area contributed by atoms with Crippen molar-refractivity contribution < 1.29 is 14.1 Å². The van der Waals surface area contributed by atoms with E-state index in [1.54, 1.807) is 4.90 Å². The van der Waals surface area contributed by atoms with Gasteiger partial charge in [-0.25, -0.2) is 0 Å². The summed E-state index contributed by atoms with van der Waals surface area (Å²) in [6.07, 6.45) is 3.27. The minimum Gasteiger partial charge on any atom is -0.338 e. The maximum Gasteiger partial charge on any atom is 0.241 e. The van der Waals surface area contributed by atoms with Gasteiger partial charge < -0.3 is 14.7 Å². The lowest BCUT2D eigenvalue weighted by atomic mass is 9.97. The van der Waals surface area contributed by atoms with Crippen molar-refractivity contribution in [3.8, 4) is 11.4 Å². The van der Waals surface area contributed by atoms with E-state index in [0.717, 1.165) is 53.8 Å². The maximum absolute atomic E-state index is 12.9. The Morgan fingerprint density at radius 3 is 2.62 bits per heavy atom. The Labute approximate surface area is 206 Å². The van der Waals surface area contributed by atoms with E-state index >= 15 is 0 Å². The zero-order valence-corrected chi connectivity index (χ0v) is 20.3. The summed E-state index contributed by atoms with van der Waals surface area (Å²) >= 11 is 3.43. The Bertz CT molecular complexity index is 1160. The van der Waals surface area contributed by atoms with Crippen LogP contribution in [0.1, 0.15) is 31.6 Å². The molecule has 8 nitrogen and oxygen atoms in total. The van der Waals surface area contributed by atoms with Crippen LogP contribution in [0.2, 0.25) is 0 Å². The lowest BCUT2D eigenvalue weighted by molar-refractivity contribution is -0.121. The van der Waals surface area contributed by atoms with Gasteiger partial charge in [-0.05, 0) is 74.3 Å². The molecule has 0 saturated carbocycles. The number of hydrogen-bond acceptors (Lipinski definition) is 6. The summed E-state index contributed by atoms with van der Waals surface area (Å²) in [6.45, 7) is 2.81. The van der Waals surface area contributed by atoms with Gasteiger partial charge in [0, 0.05) is 40.9 Å². The molecule has 0 radical (unpaired) electrons. The van der Waals surface area contributed by atoms with Crippen molar-refractivity contribution in [1.82, 2.24) is 15.0 Å². The molecule has 2 aliphatic rings. The largest absolute Gasteiger partial charge is 0.338 e. The second-order valence-corrected chi connectivity index (χ2v) is 9.69. The lowest BCUT2D eigenvalue weighted by Gasteiger charge is -2.30. The van der Waals surface area contributed by atoms with Crippen molar-refractivity contribution in [1.29, 1.82) is 0 Å². The lowest BCUT2D eigenvalue weighted by Crippen LogP contribution is -2.40. The van der Waals surface area contributed by atoms with Gasteiger partial charge >= 0.3 is 0 Å². The summed E-state index contributed by atoms with van der Waals surface area (Å²) in [5.41, 5.74) is 2.52. The molecular weight excluding hydrogens is 498 g/mol. The van der Waals surface area contributed by atoms with E-state index < -0.39 is 0 Å². The third-order valence-electron chi connectivity index (χ3n) is 6.33. The molecule has 0 aliphatic carbocycles. The molecule has 1 atom stereocenters. The Morgan fingerprint density at radius 2 is 1.88 bits per heavy atom. The number of nitrogens with zero attached hydrogens (tertiary/aromatic N) is 4. The number of carbonyl (C=O) groups excluding carboxylic acids is 2. The van der Waals surface area contributed by atoms with Crippen LogP contribution in [0, 0.1) is 5.92 Å². The second kappa shape index (κ2) is 10.1. The molecular formula is C25H26BrN5O3. The molecule has 2 aliphatic heterocycles. The zero-order chi connectivity index (χ0) is 23.5. The monoisotopic (exact) mass is 523 g/mol. The number of amides is 2. The van der Waals surface area contributed by atoms with E-state index in [1.165, 1.54) is 0 Å². The fourth-order valence-corrected chi connectivity index (χ4v) is 4.79. The fourth-order valence-electron chi connectivity index (χ4n) is 4.53. The SMILES string of the molecule is O=C(Nc1ccc(N2CCCC2=O)cc1)C1CCCN(Cc2nc(-c3ccc(Br)cc3)no2)C1. The first-order valence-electron chi connectivity index (χ1n) is 11.6. The number of anilines is 2. The second-order valence-electron chi connectivity index (χ2n) is 8.78. The number of hydrogen-bond donors (Lipinski definition) is 1. The average Bonchev–Trinajstić information content (AvgIpc) is 3.49. The minimum atomic E-state index is -0.109. The molecule has 3 heterocycles. The van der Waals surface area contributed by atoms with E-state index in [0.29, 0.717) is 31.2 Å². The number of carbonyl (C=O) groups is 2. The van der Waals surface area contributed by atoms with Crippen molar-refractivity contribution in [2.24, 2.45) is 5.92 Å². The summed E-state index contributed by atoms with van der Waals surface area (Å²) < 4.78 is 6.46. The van der Waals surface area contributed by atoms with Crippen LogP contribution in [-0.2, 0) is 16.1 Å². The van der Waals surface area contributed by atoms with Crippen molar-refractivity contribution >= 4 is 39.1 Å². The molecule has 176 valence electrons. The minimum absolute atomic E-state index is 0.00998. The van der Waals surface area contributed by atoms with Gasteiger partial charge in [0.1, 0.15) is 0 Å². The molecule has 0 bridgehead atoms. The number of halogens is 1. The predicted octanol–water partition coefficient (Wildman–Crippen LogP) is 4.48. The molecule has 1 unspecified atom stereocenters. The maximum atomic E-state index is 12.9. The normalized spacial score (nSPS) is 18.9. The van der Waals surface area contributed by atoms with Gasteiger partial charge in [-0.15, -0.1) is 0 Å². The number of rotatable bonds is 6. The van der Waals surface area contributed by atoms with Gasteiger partial charge in [-0.1, -0.05) is 21.1 Å². The number of benzene rings is 2. The van der Waals surface area contributed by atoms with Crippen molar-refractivity contribution in [3.63, 3.8) is 0 Å². The summed E-state index contributed by atoms with van der Waals surface area (Å²) in [5, 5.41) is 7.13. The van der Waals surface area contributed by atoms with Crippen molar-refractivity contribution in [2.75, 3.05) is 29.9 Å². The van der Waals surface area contributed by atoms with Gasteiger partial charge in [0.15, 0.2) is 0 Å². The molecule has 2 saturated heterocycles. The van der Waals surface area contributed by atoms with E-state index in [-0.39, 0.29) is 17.7 Å². The standard InChI is InChI=1S/C25H26BrN5O3/c26-19-7-5-17(6-8-19)24-28-22(34-29-24)16-30-13-1-3-18(15-30)25(33)27-20-9-11-21(12-10-20)31-14-2-4-23(31)32/h5-12,18H,1-4,13-16H2,(H,27,33).